The fourth-order valence-corrected chi connectivity index (χ4v) is 3.32. The van der Waals surface area contributed by atoms with E-state index in [4.69, 9.17) is 10.5 Å². The molecule has 0 bridgehead atoms. The molecule has 0 amide bonds. The van der Waals surface area contributed by atoms with Gasteiger partial charge in [-0.15, -0.1) is 11.3 Å². The molecule has 7 nitrogen and oxygen atoms in total. The number of ether oxygens (including phenoxy) is 1. The van der Waals surface area contributed by atoms with Crippen LogP contribution in [-0.2, 0) is 10.5 Å². The quantitative estimate of drug-likeness (QED) is 0.434. The molecular weight excluding hydrogens is 389 g/mol. The summed E-state index contributed by atoms with van der Waals surface area (Å²) in [5.41, 5.74) is 6.36. The van der Waals surface area contributed by atoms with E-state index in [0.717, 1.165) is 0 Å². The number of halogens is 1. The van der Waals surface area contributed by atoms with E-state index in [1.54, 1.807) is 24.3 Å². The van der Waals surface area contributed by atoms with Gasteiger partial charge in [-0.25, -0.2) is 9.18 Å². The number of nitrogens with zero attached hydrogens (tertiary/aromatic N) is 3. The van der Waals surface area contributed by atoms with Crippen LogP contribution in [0.1, 0.15) is 15.5 Å². The van der Waals surface area contributed by atoms with Crippen molar-refractivity contribution in [3.63, 3.8) is 0 Å². The second-order valence-electron chi connectivity index (χ2n) is 5.23. The van der Waals surface area contributed by atoms with Gasteiger partial charge < -0.3 is 15.8 Å². The summed E-state index contributed by atoms with van der Waals surface area (Å²) in [6.07, 6.45) is 0. The number of thioether (sulfide) groups is 1. The van der Waals surface area contributed by atoms with Crippen molar-refractivity contribution in [2.45, 2.75) is 5.75 Å². The Bertz CT molecular complexity index is 891. The third-order valence-electron chi connectivity index (χ3n) is 3.21. The van der Waals surface area contributed by atoms with E-state index in [-0.39, 0.29) is 23.7 Å². The van der Waals surface area contributed by atoms with E-state index in [9.17, 15) is 9.18 Å². The molecule has 0 aliphatic rings. The van der Waals surface area contributed by atoms with Crippen LogP contribution < -0.4 is 11.1 Å². The lowest BCUT2D eigenvalue weighted by Crippen LogP contribution is -2.08. The number of anilines is 3. The van der Waals surface area contributed by atoms with Crippen molar-refractivity contribution in [1.29, 1.82) is 0 Å². The zero-order chi connectivity index (χ0) is 19.1. The van der Waals surface area contributed by atoms with Gasteiger partial charge in [0.2, 0.25) is 11.9 Å². The second kappa shape index (κ2) is 9.28. The summed E-state index contributed by atoms with van der Waals surface area (Å²) < 4.78 is 18.2. The molecule has 0 aliphatic heterocycles. The molecule has 10 heteroatoms. The van der Waals surface area contributed by atoms with Gasteiger partial charge in [-0.05, 0) is 35.7 Å². The van der Waals surface area contributed by atoms with Gasteiger partial charge in [-0.3, -0.25) is 0 Å². The second-order valence-corrected chi connectivity index (χ2v) is 7.28. The minimum absolute atomic E-state index is 0.0920. The van der Waals surface area contributed by atoms with Crippen LogP contribution in [0.25, 0.3) is 0 Å². The Morgan fingerprint density at radius 2 is 2.04 bits per heavy atom. The molecule has 0 atom stereocenters. The number of benzene rings is 1. The lowest BCUT2D eigenvalue weighted by atomic mass is 10.3. The molecular formula is C17H16FN5O2S2. The fraction of sp³-hybridized carbons (Fsp3) is 0.176. The van der Waals surface area contributed by atoms with Gasteiger partial charge in [0, 0.05) is 11.4 Å². The van der Waals surface area contributed by atoms with Crippen LogP contribution in [0.5, 0.6) is 0 Å². The number of aromatic nitrogens is 3. The normalized spacial score (nSPS) is 10.6. The van der Waals surface area contributed by atoms with Crippen molar-refractivity contribution in [3.05, 3.63) is 58.3 Å². The maximum absolute atomic E-state index is 13.0. The van der Waals surface area contributed by atoms with Crippen LogP contribution in [0.4, 0.5) is 22.0 Å². The number of carbonyl (C=O) groups is 1. The Hall–Kier alpha value is -2.72. The number of esters is 1. The Labute approximate surface area is 163 Å². The van der Waals surface area contributed by atoms with Crippen LogP contribution in [0.2, 0.25) is 0 Å². The number of nitrogen functional groups attached to an aromatic ring is 1. The van der Waals surface area contributed by atoms with E-state index in [2.05, 4.69) is 20.3 Å². The van der Waals surface area contributed by atoms with Crippen LogP contribution in [0.3, 0.4) is 0 Å². The highest BCUT2D eigenvalue weighted by atomic mass is 32.2. The van der Waals surface area contributed by atoms with Crippen molar-refractivity contribution in [3.8, 4) is 0 Å². The summed E-state index contributed by atoms with van der Waals surface area (Å²) in [4.78, 5) is 24.7. The molecule has 0 unspecified atom stereocenters. The number of nitrogens with two attached hydrogens (primary N) is 1. The fourth-order valence-electron chi connectivity index (χ4n) is 2.04. The minimum Gasteiger partial charge on any atom is -0.461 e. The minimum atomic E-state index is -0.326. The summed E-state index contributed by atoms with van der Waals surface area (Å²) in [5.74, 6) is 1.32. The lowest BCUT2D eigenvalue weighted by molar-refractivity contribution is 0.0536. The summed E-state index contributed by atoms with van der Waals surface area (Å²) in [6.45, 7) is 0.294. The monoisotopic (exact) mass is 405 g/mol. The van der Waals surface area contributed by atoms with Gasteiger partial charge >= 0.3 is 5.97 Å². The smallest absolute Gasteiger partial charge is 0.348 e. The van der Waals surface area contributed by atoms with E-state index in [0.29, 0.717) is 34.5 Å². The molecule has 0 radical (unpaired) electrons. The summed E-state index contributed by atoms with van der Waals surface area (Å²) in [6, 6.07) is 9.35. The molecule has 2 heterocycles. The molecule has 3 aromatic rings. The number of hydrogen-bond acceptors (Lipinski definition) is 9. The highest BCUT2D eigenvalue weighted by molar-refractivity contribution is 7.98. The average Bonchev–Trinajstić information content (AvgIpc) is 3.18. The molecule has 0 spiro atoms. The van der Waals surface area contributed by atoms with Gasteiger partial charge in [-0.2, -0.15) is 26.7 Å². The molecule has 0 saturated carbocycles. The highest BCUT2D eigenvalue weighted by Gasteiger charge is 2.08. The maximum Gasteiger partial charge on any atom is 0.348 e. The molecule has 1 aromatic carbocycles. The van der Waals surface area contributed by atoms with Crippen molar-refractivity contribution < 1.29 is 13.9 Å². The Balaban J connectivity index is 1.47. The van der Waals surface area contributed by atoms with Gasteiger partial charge in [0.1, 0.15) is 23.1 Å². The molecule has 0 fully saturated rings. The van der Waals surface area contributed by atoms with Crippen molar-refractivity contribution in [2.75, 3.05) is 23.4 Å². The lowest BCUT2D eigenvalue weighted by Gasteiger charge is -2.07. The molecule has 3 N–H and O–H groups in total. The van der Waals surface area contributed by atoms with Crippen molar-refractivity contribution in [1.82, 2.24) is 15.0 Å². The van der Waals surface area contributed by atoms with Gasteiger partial charge in [0.15, 0.2) is 0 Å². The average molecular weight is 405 g/mol. The van der Waals surface area contributed by atoms with Gasteiger partial charge in [-0.1, -0.05) is 6.07 Å². The summed E-state index contributed by atoms with van der Waals surface area (Å²) in [7, 11) is 0. The summed E-state index contributed by atoms with van der Waals surface area (Å²) >= 11 is 2.86. The van der Waals surface area contributed by atoms with E-state index >= 15 is 0 Å². The van der Waals surface area contributed by atoms with Crippen LogP contribution >= 0.6 is 23.1 Å². The molecule has 0 aliphatic carbocycles. The number of hydrogen-bond donors (Lipinski definition) is 2. The van der Waals surface area contributed by atoms with Gasteiger partial charge in [0.05, 0.1) is 5.75 Å². The first-order valence-electron chi connectivity index (χ1n) is 7.91. The standard InChI is InChI=1S/C17H16FN5O2S2/c18-11-3-5-12(6-4-11)20-17-22-14(21-16(19)23-17)10-26-9-7-25-15(24)13-2-1-8-27-13/h1-6,8H,7,9-10H2,(H3,19,20,21,22,23). The largest absolute Gasteiger partial charge is 0.461 e. The SMILES string of the molecule is Nc1nc(CSCCOC(=O)c2cccs2)nc(Nc2ccc(F)cc2)n1. The Morgan fingerprint density at radius 3 is 2.78 bits per heavy atom. The number of carbonyl (C=O) groups excluding carboxylic acids is 1. The molecule has 140 valence electrons. The molecule has 0 saturated heterocycles. The first-order valence-corrected chi connectivity index (χ1v) is 9.95. The number of nitrogens with one attached hydrogen (secondary N) is 1. The first-order chi connectivity index (χ1) is 13.1. The predicted octanol–water partition coefficient (Wildman–Crippen LogP) is 3.49. The zero-order valence-electron chi connectivity index (χ0n) is 14.1. The maximum atomic E-state index is 13.0. The van der Waals surface area contributed by atoms with Crippen molar-refractivity contribution >= 4 is 46.7 Å². The van der Waals surface area contributed by atoms with Crippen LogP contribution in [0.15, 0.2) is 41.8 Å². The van der Waals surface area contributed by atoms with E-state index < -0.39 is 0 Å². The topological polar surface area (TPSA) is 103 Å². The predicted molar refractivity (Wildman–Crippen MR) is 105 cm³/mol. The molecule has 27 heavy (non-hydrogen) atoms. The first kappa shape index (κ1) is 19.1. The third-order valence-corrected chi connectivity index (χ3v) is 4.98. The highest BCUT2D eigenvalue weighted by Crippen LogP contribution is 2.16. The zero-order valence-corrected chi connectivity index (χ0v) is 15.7. The third kappa shape index (κ3) is 5.90. The molecule has 2 aromatic heterocycles. The Morgan fingerprint density at radius 1 is 1.22 bits per heavy atom. The van der Waals surface area contributed by atoms with Gasteiger partial charge in [0.25, 0.3) is 0 Å². The van der Waals surface area contributed by atoms with E-state index in [1.807, 2.05) is 5.38 Å². The number of thiophene rings is 1. The number of rotatable bonds is 8. The molecule has 3 rings (SSSR count). The van der Waals surface area contributed by atoms with Crippen LogP contribution in [-0.4, -0.2) is 33.3 Å². The van der Waals surface area contributed by atoms with Crippen molar-refractivity contribution in [2.24, 2.45) is 0 Å². The van der Waals surface area contributed by atoms with E-state index in [1.165, 1.54) is 35.2 Å². The Kier molecular flexibility index (Phi) is 6.55. The summed E-state index contributed by atoms with van der Waals surface area (Å²) in [5, 5.41) is 4.79. The van der Waals surface area contributed by atoms with Crippen LogP contribution in [0, 0.1) is 5.82 Å².